The number of alkyl carbamates (subject to hydrolysis) is 1. The van der Waals surface area contributed by atoms with Crippen LogP contribution >= 0.6 is 0 Å². The standard InChI is InChI=1S/C36H61NO8/c1-24(2)28(17-27-18-29(42-9)22-30(19-27)44-14-10-13-41-8)21-32(37-35(40)45-36(5,6)7)34(39)23-31(25(3)4)33(38)20-26-11-15-43-16-12-26/h18-19,22,24-26,28,31-32,34,39H,10-17,20-21,23H2,1-9H3,(H,37,40)/t28-,31-,32-,34-/m0/s1. The van der Waals surface area contributed by atoms with Crippen molar-refractivity contribution in [2.45, 2.75) is 111 Å². The first-order chi connectivity index (χ1) is 21.2. The average molecular weight is 636 g/mol. The summed E-state index contributed by atoms with van der Waals surface area (Å²) in [5.41, 5.74) is 0.365. The summed E-state index contributed by atoms with van der Waals surface area (Å²) in [4.78, 5) is 26.5. The normalized spacial score (nSPS) is 17.1. The highest BCUT2D eigenvalue weighted by atomic mass is 16.6. The van der Waals surface area contributed by atoms with Gasteiger partial charge in [-0.15, -0.1) is 0 Å². The Labute approximate surface area is 272 Å². The SMILES string of the molecule is COCCCOc1cc(C[C@@H](C[C@H](NC(=O)OC(C)(C)C)[C@@H](O)C[C@H](C(=O)CC2CCOCC2)C(C)C)C(C)C)cc(OC)c1. The third kappa shape index (κ3) is 14.7. The van der Waals surface area contributed by atoms with Crippen LogP contribution in [-0.2, 0) is 25.4 Å². The molecule has 9 heteroatoms. The molecule has 1 aliphatic rings. The fourth-order valence-corrected chi connectivity index (χ4v) is 5.92. The van der Waals surface area contributed by atoms with Gasteiger partial charge in [0.25, 0.3) is 0 Å². The summed E-state index contributed by atoms with van der Waals surface area (Å²) < 4.78 is 27.8. The monoisotopic (exact) mass is 635 g/mol. The second-order valence-electron chi connectivity index (χ2n) is 14.3. The number of hydrogen-bond acceptors (Lipinski definition) is 8. The van der Waals surface area contributed by atoms with Crippen LogP contribution in [0.4, 0.5) is 4.79 Å². The number of aliphatic hydroxyl groups excluding tert-OH is 1. The Balaban J connectivity index is 2.27. The van der Waals surface area contributed by atoms with Gasteiger partial charge in [-0.3, -0.25) is 4.79 Å². The molecule has 0 bridgehead atoms. The van der Waals surface area contributed by atoms with E-state index in [1.165, 1.54) is 0 Å². The number of aliphatic hydroxyl groups is 1. The first-order valence-electron chi connectivity index (χ1n) is 16.8. The second-order valence-corrected chi connectivity index (χ2v) is 14.3. The van der Waals surface area contributed by atoms with E-state index < -0.39 is 23.8 Å². The summed E-state index contributed by atoms with van der Waals surface area (Å²) in [7, 11) is 3.31. The van der Waals surface area contributed by atoms with Crippen molar-refractivity contribution in [2.75, 3.05) is 40.6 Å². The molecule has 1 heterocycles. The summed E-state index contributed by atoms with van der Waals surface area (Å²) >= 11 is 0. The molecule has 1 amide bonds. The molecule has 0 spiro atoms. The van der Waals surface area contributed by atoms with Gasteiger partial charge in [-0.2, -0.15) is 0 Å². The van der Waals surface area contributed by atoms with Crippen molar-refractivity contribution in [2.24, 2.45) is 29.6 Å². The molecule has 4 atom stereocenters. The highest BCUT2D eigenvalue weighted by Crippen LogP contribution is 2.31. The van der Waals surface area contributed by atoms with Crippen molar-refractivity contribution in [1.29, 1.82) is 0 Å². The molecule has 0 radical (unpaired) electrons. The third-order valence-electron chi connectivity index (χ3n) is 8.65. The van der Waals surface area contributed by atoms with Gasteiger partial charge < -0.3 is 34.1 Å². The highest BCUT2D eigenvalue weighted by molar-refractivity contribution is 5.81. The van der Waals surface area contributed by atoms with Crippen molar-refractivity contribution in [1.82, 2.24) is 5.32 Å². The maximum atomic E-state index is 13.5. The zero-order valence-corrected chi connectivity index (χ0v) is 29.4. The van der Waals surface area contributed by atoms with Crippen LogP contribution in [0, 0.1) is 29.6 Å². The van der Waals surface area contributed by atoms with Gasteiger partial charge in [-0.05, 0) is 94.2 Å². The minimum atomic E-state index is -0.921. The minimum absolute atomic E-state index is 0.0640. The van der Waals surface area contributed by atoms with Crippen LogP contribution in [-0.4, -0.2) is 75.4 Å². The molecule has 0 unspecified atom stereocenters. The predicted octanol–water partition coefficient (Wildman–Crippen LogP) is 6.62. The van der Waals surface area contributed by atoms with E-state index in [1.807, 2.05) is 52.8 Å². The fourth-order valence-electron chi connectivity index (χ4n) is 5.92. The lowest BCUT2D eigenvalue weighted by Gasteiger charge is -2.33. The van der Waals surface area contributed by atoms with Crippen LogP contribution in [0.3, 0.4) is 0 Å². The zero-order valence-electron chi connectivity index (χ0n) is 29.4. The number of Topliss-reactive ketones (excluding diaryl/α,β-unsaturated/α-hetero) is 1. The van der Waals surface area contributed by atoms with E-state index >= 15 is 0 Å². The van der Waals surface area contributed by atoms with Crippen LogP contribution in [0.15, 0.2) is 18.2 Å². The number of carbonyl (C=O) groups excluding carboxylic acids is 2. The average Bonchev–Trinajstić information content (AvgIpc) is 2.96. The molecule has 258 valence electrons. The molecule has 1 aromatic rings. The summed E-state index contributed by atoms with van der Waals surface area (Å²) in [6.07, 6.45) is 3.06. The Hall–Kier alpha value is -2.36. The van der Waals surface area contributed by atoms with E-state index in [-0.39, 0.29) is 35.9 Å². The van der Waals surface area contributed by atoms with Crippen LogP contribution in [0.25, 0.3) is 0 Å². The number of ketones is 1. The number of methoxy groups -OCH3 is 2. The molecule has 0 aliphatic carbocycles. The van der Waals surface area contributed by atoms with Crippen LogP contribution in [0.2, 0.25) is 0 Å². The zero-order chi connectivity index (χ0) is 33.6. The summed E-state index contributed by atoms with van der Waals surface area (Å²) in [6, 6.07) is 5.32. The Bertz CT molecular complexity index is 1010. The Morgan fingerprint density at radius 3 is 2.22 bits per heavy atom. The quantitative estimate of drug-likeness (QED) is 0.163. The predicted molar refractivity (Wildman–Crippen MR) is 177 cm³/mol. The molecule has 2 rings (SSSR count). The third-order valence-corrected chi connectivity index (χ3v) is 8.65. The van der Waals surface area contributed by atoms with Gasteiger partial charge in [0.15, 0.2) is 0 Å². The number of benzene rings is 1. The number of rotatable bonds is 19. The van der Waals surface area contributed by atoms with E-state index in [9.17, 15) is 14.7 Å². The van der Waals surface area contributed by atoms with Crippen molar-refractivity contribution in [3.63, 3.8) is 0 Å². The highest BCUT2D eigenvalue weighted by Gasteiger charge is 2.34. The smallest absolute Gasteiger partial charge is 0.407 e. The molecule has 9 nitrogen and oxygen atoms in total. The molecule has 1 fully saturated rings. The van der Waals surface area contributed by atoms with Crippen molar-refractivity contribution in [3.8, 4) is 11.5 Å². The number of hydrogen-bond donors (Lipinski definition) is 2. The number of carbonyl (C=O) groups is 2. The molecule has 0 aromatic heterocycles. The lowest BCUT2D eigenvalue weighted by Crippen LogP contribution is -2.48. The molecule has 2 N–H and O–H groups in total. The second kappa shape index (κ2) is 19.3. The van der Waals surface area contributed by atoms with Gasteiger partial charge in [-0.25, -0.2) is 4.79 Å². The lowest BCUT2D eigenvalue weighted by molar-refractivity contribution is -0.127. The number of ether oxygens (including phenoxy) is 5. The first kappa shape index (κ1) is 38.8. The van der Waals surface area contributed by atoms with Crippen LogP contribution < -0.4 is 14.8 Å². The Morgan fingerprint density at radius 2 is 1.64 bits per heavy atom. The summed E-state index contributed by atoms with van der Waals surface area (Å²) in [5, 5.41) is 14.7. The van der Waals surface area contributed by atoms with Crippen molar-refractivity contribution in [3.05, 3.63) is 23.8 Å². The van der Waals surface area contributed by atoms with Crippen LogP contribution in [0.5, 0.6) is 11.5 Å². The molecular formula is C36H61NO8. The summed E-state index contributed by atoms with van der Waals surface area (Å²) in [5.74, 6) is 2.05. The van der Waals surface area contributed by atoms with Gasteiger partial charge in [0.2, 0.25) is 0 Å². The lowest BCUT2D eigenvalue weighted by atomic mass is 9.78. The topological polar surface area (TPSA) is 113 Å². The van der Waals surface area contributed by atoms with Gasteiger partial charge >= 0.3 is 6.09 Å². The van der Waals surface area contributed by atoms with E-state index in [4.69, 9.17) is 23.7 Å². The van der Waals surface area contributed by atoms with E-state index in [1.54, 1.807) is 14.2 Å². The molecule has 0 saturated carbocycles. The van der Waals surface area contributed by atoms with Crippen LogP contribution in [0.1, 0.15) is 92.6 Å². The maximum Gasteiger partial charge on any atom is 0.407 e. The largest absolute Gasteiger partial charge is 0.497 e. The number of amides is 1. The number of nitrogens with one attached hydrogen (secondary N) is 1. The van der Waals surface area contributed by atoms with E-state index in [0.717, 1.165) is 30.6 Å². The molecule has 1 aromatic carbocycles. The molecule has 45 heavy (non-hydrogen) atoms. The summed E-state index contributed by atoms with van der Waals surface area (Å²) in [6.45, 7) is 16.4. The molecule has 1 aliphatic heterocycles. The molecular weight excluding hydrogens is 574 g/mol. The van der Waals surface area contributed by atoms with Crippen molar-refractivity contribution < 1.29 is 38.4 Å². The van der Waals surface area contributed by atoms with Crippen molar-refractivity contribution >= 4 is 11.9 Å². The fraction of sp³-hybridized carbons (Fsp3) is 0.778. The van der Waals surface area contributed by atoms with Gasteiger partial charge in [0.05, 0.1) is 25.9 Å². The van der Waals surface area contributed by atoms with E-state index in [0.29, 0.717) is 57.4 Å². The van der Waals surface area contributed by atoms with Gasteiger partial charge in [-0.1, -0.05) is 27.7 Å². The Kier molecular flexibility index (Phi) is 16.7. The van der Waals surface area contributed by atoms with Gasteiger partial charge in [0.1, 0.15) is 22.9 Å². The molecule has 1 saturated heterocycles. The van der Waals surface area contributed by atoms with Gasteiger partial charge in [0, 0.05) is 51.8 Å². The first-order valence-corrected chi connectivity index (χ1v) is 16.8. The van der Waals surface area contributed by atoms with E-state index in [2.05, 4.69) is 19.2 Å². The Morgan fingerprint density at radius 1 is 0.978 bits per heavy atom. The minimum Gasteiger partial charge on any atom is -0.497 e. The maximum absolute atomic E-state index is 13.5.